The van der Waals surface area contributed by atoms with Crippen molar-refractivity contribution in [2.45, 2.75) is 0 Å². The van der Waals surface area contributed by atoms with E-state index in [1.165, 1.54) is 6.21 Å². The van der Waals surface area contributed by atoms with Crippen LogP contribution in [0.25, 0.3) is 0 Å². The van der Waals surface area contributed by atoms with Crippen molar-refractivity contribution in [2.75, 3.05) is 33.4 Å². The Bertz CT molecular complexity index is 173. The summed E-state index contributed by atoms with van der Waals surface area (Å²) >= 11 is 0. The maximum Gasteiger partial charge on any atom is 0.103 e. The van der Waals surface area contributed by atoms with E-state index in [4.69, 9.17) is 10.1 Å². The molecule has 0 atom stereocenters. The summed E-state index contributed by atoms with van der Waals surface area (Å²) in [6.45, 7) is 3.36. The second kappa shape index (κ2) is 4.77. The van der Waals surface area contributed by atoms with Crippen molar-refractivity contribution in [1.82, 2.24) is 10.2 Å². The van der Waals surface area contributed by atoms with Gasteiger partial charge in [0.1, 0.15) is 5.82 Å². The van der Waals surface area contributed by atoms with Crippen LogP contribution in [0.15, 0.2) is 11.9 Å². The lowest BCUT2D eigenvalue weighted by molar-refractivity contribution is 0.0510. The molecule has 0 aromatic heterocycles. The highest BCUT2D eigenvalue weighted by Crippen LogP contribution is 2.03. The monoisotopic (exact) mass is 169 g/mol. The molecule has 1 saturated heterocycles. The molecule has 12 heavy (non-hydrogen) atoms. The van der Waals surface area contributed by atoms with Crippen LogP contribution >= 0.6 is 0 Å². The summed E-state index contributed by atoms with van der Waals surface area (Å²) in [5, 5.41) is 10.0. The van der Waals surface area contributed by atoms with Gasteiger partial charge >= 0.3 is 0 Å². The Labute approximate surface area is 72.7 Å². The molecule has 0 aromatic carbocycles. The summed E-state index contributed by atoms with van der Waals surface area (Å²) in [5.74, 6) is 0.994. The van der Waals surface area contributed by atoms with Crippen molar-refractivity contribution in [2.24, 2.45) is 0 Å². The molecule has 4 nitrogen and oxygen atoms in total. The van der Waals surface area contributed by atoms with Crippen molar-refractivity contribution in [3.8, 4) is 0 Å². The Morgan fingerprint density at radius 2 is 2.17 bits per heavy atom. The maximum atomic E-state index is 6.96. The zero-order valence-corrected chi connectivity index (χ0v) is 7.34. The smallest absolute Gasteiger partial charge is 0.103 e. The average Bonchev–Trinajstić information content (AvgIpc) is 2.15. The lowest BCUT2D eigenvalue weighted by Gasteiger charge is -2.30. The van der Waals surface area contributed by atoms with Crippen molar-refractivity contribution in [3.05, 3.63) is 11.9 Å². The average molecular weight is 169 g/mol. The summed E-state index contributed by atoms with van der Waals surface area (Å²) in [7, 11) is 1.87. The normalized spacial score (nSPS) is 19.1. The number of morpholine rings is 1. The summed E-state index contributed by atoms with van der Waals surface area (Å²) in [4.78, 5) is 2.18. The lowest BCUT2D eigenvalue weighted by atomic mass is 10.4. The largest absolute Gasteiger partial charge is 0.378 e. The Morgan fingerprint density at radius 1 is 1.50 bits per heavy atom. The number of ether oxygens (including phenoxy) is 1. The molecule has 0 aromatic rings. The highest BCUT2D eigenvalue weighted by Gasteiger charge is 2.11. The molecule has 1 rings (SSSR count). The third kappa shape index (κ3) is 2.23. The van der Waals surface area contributed by atoms with E-state index in [0.29, 0.717) is 0 Å². The third-order valence-corrected chi connectivity index (χ3v) is 1.85. The van der Waals surface area contributed by atoms with Crippen LogP contribution < -0.4 is 5.32 Å². The van der Waals surface area contributed by atoms with E-state index in [9.17, 15) is 0 Å². The highest BCUT2D eigenvalue weighted by molar-refractivity contribution is 5.68. The van der Waals surface area contributed by atoms with Gasteiger partial charge in [0.2, 0.25) is 0 Å². The first-order chi connectivity index (χ1) is 5.88. The van der Waals surface area contributed by atoms with E-state index in [0.717, 1.165) is 32.1 Å². The maximum absolute atomic E-state index is 6.96. The van der Waals surface area contributed by atoms with Gasteiger partial charge < -0.3 is 20.4 Å². The standard InChI is InChI=1S/C8H15N3O/c1-10-8(2-3-9)11-4-6-12-7-5-11/h2-3,9-10H,4-7H2,1H3/b8-2+,9-3?. The van der Waals surface area contributed by atoms with E-state index in [2.05, 4.69) is 10.2 Å². The van der Waals surface area contributed by atoms with Crippen LogP contribution in [0.2, 0.25) is 0 Å². The van der Waals surface area contributed by atoms with Gasteiger partial charge in [-0.1, -0.05) is 0 Å². The summed E-state index contributed by atoms with van der Waals surface area (Å²) < 4.78 is 5.22. The van der Waals surface area contributed by atoms with Gasteiger partial charge in [0, 0.05) is 26.4 Å². The van der Waals surface area contributed by atoms with Gasteiger partial charge in [0.05, 0.1) is 13.2 Å². The Morgan fingerprint density at radius 3 is 2.67 bits per heavy atom. The van der Waals surface area contributed by atoms with Gasteiger partial charge in [-0.15, -0.1) is 0 Å². The van der Waals surface area contributed by atoms with Gasteiger partial charge in [0.15, 0.2) is 0 Å². The molecule has 0 spiro atoms. The predicted molar refractivity (Wildman–Crippen MR) is 48.3 cm³/mol. The summed E-state index contributed by atoms with van der Waals surface area (Å²) in [6, 6.07) is 0. The van der Waals surface area contributed by atoms with Gasteiger partial charge in [-0.25, -0.2) is 0 Å². The fourth-order valence-corrected chi connectivity index (χ4v) is 1.23. The fraction of sp³-hybridized carbons (Fsp3) is 0.625. The molecule has 1 aliphatic rings. The number of allylic oxidation sites excluding steroid dienone is 1. The minimum atomic E-state index is 0.775. The molecule has 68 valence electrons. The van der Waals surface area contributed by atoms with Crippen molar-refractivity contribution < 1.29 is 4.74 Å². The van der Waals surface area contributed by atoms with Crippen molar-refractivity contribution in [1.29, 1.82) is 5.41 Å². The molecule has 1 fully saturated rings. The molecule has 1 aliphatic heterocycles. The quantitative estimate of drug-likeness (QED) is 0.586. The Kier molecular flexibility index (Phi) is 3.60. The van der Waals surface area contributed by atoms with Gasteiger partial charge in [-0.05, 0) is 6.08 Å². The molecule has 0 unspecified atom stereocenters. The minimum Gasteiger partial charge on any atom is -0.378 e. The fourth-order valence-electron chi connectivity index (χ4n) is 1.23. The molecule has 2 N–H and O–H groups in total. The molecule has 0 aliphatic carbocycles. The van der Waals surface area contributed by atoms with Gasteiger partial charge in [0.25, 0.3) is 0 Å². The van der Waals surface area contributed by atoms with Crippen LogP contribution in [0.3, 0.4) is 0 Å². The van der Waals surface area contributed by atoms with E-state index in [-0.39, 0.29) is 0 Å². The van der Waals surface area contributed by atoms with Crippen molar-refractivity contribution >= 4 is 6.21 Å². The molecule has 0 bridgehead atoms. The minimum absolute atomic E-state index is 0.775. The van der Waals surface area contributed by atoms with Gasteiger partial charge in [-0.2, -0.15) is 0 Å². The molecular formula is C8H15N3O. The molecule has 0 amide bonds. The second-order valence-corrected chi connectivity index (χ2v) is 2.57. The third-order valence-electron chi connectivity index (χ3n) is 1.85. The zero-order valence-electron chi connectivity index (χ0n) is 7.34. The second-order valence-electron chi connectivity index (χ2n) is 2.57. The highest BCUT2D eigenvalue weighted by atomic mass is 16.5. The first-order valence-electron chi connectivity index (χ1n) is 4.09. The summed E-state index contributed by atoms with van der Waals surface area (Å²) in [6.07, 6.45) is 3.05. The van der Waals surface area contributed by atoms with Crippen LogP contribution in [0.5, 0.6) is 0 Å². The predicted octanol–water partition coefficient (Wildman–Crippen LogP) is 0.0290. The van der Waals surface area contributed by atoms with Crippen LogP contribution in [0.1, 0.15) is 0 Å². The molecule has 0 radical (unpaired) electrons. The van der Waals surface area contributed by atoms with Gasteiger partial charge in [-0.3, -0.25) is 0 Å². The zero-order chi connectivity index (χ0) is 8.81. The first kappa shape index (κ1) is 9.06. The van der Waals surface area contributed by atoms with E-state index < -0.39 is 0 Å². The lowest BCUT2D eigenvalue weighted by Crippen LogP contribution is -2.39. The number of nitrogens with zero attached hydrogens (tertiary/aromatic N) is 1. The van der Waals surface area contributed by atoms with E-state index >= 15 is 0 Å². The Hall–Kier alpha value is -1.03. The first-order valence-corrected chi connectivity index (χ1v) is 4.09. The number of rotatable bonds is 3. The Balaban J connectivity index is 2.51. The van der Waals surface area contributed by atoms with Crippen LogP contribution in [0.4, 0.5) is 0 Å². The number of hydrogen-bond donors (Lipinski definition) is 2. The molecule has 1 heterocycles. The van der Waals surface area contributed by atoms with E-state index in [1.807, 2.05) is 7.05 Å². The van der Waals surface area contributed by atoms with Crippen LogP contribution in [0, 0.1) is 5.41 Å². The van der Waals surface area contributed by atoms with Crippen molar-refractivity contribution in [3.63, 3.8) is 0 Å². The van der Waals surface area contributed by atoms with Crippen LogP contribution in [-0.2, 0) is 4.74 Å². The topological polar surface area (TPSA) is 48.4 Å². The molecular weight excluding hydrogens is 154 g/mol. The van der Waals surface area contributed by atoms with Crippen LogP contribution in [-0.4, -0.2) is 44.5 Å². The van der Waals surface area contributed by atoms with E-state index in [1.54, 1.807) is 6.08 Å². The molecule has 4 heteroatoms. The SMILES string of the molecule is CN/C(=C\C=N)N1CCOCC1. The number of nitrogens with one attached hydrogen (secondary N) is 2. The number of hydrogen-bond acceptors (Lipinski definition) is 4. The summed E-state index contributed by atoms with van der Waals surface area (Å²) in [5.41, 5.74) is 0. The molecule has 0 saturated carbocycles.